The molecule has 2 N–H and O–H groups in total. The number of halogens is 1. The first-order valence-electron chi connectivity index (χ1n) is 12.0. The quantitative estimate of drug-likeness (QED) is 0.286. The van der Waals surface area contributed by atoms with Crippen molar-refractivity contribution in [3.63, 3.8) is 0 Å². The van der Waals surface area contributed by atoms with Crippen molar-refractivity contribution < 1.29 is 0 Å². The van der Waals surface area contributed by atoms with Gasteiger partial charge < -0.3 is 15.5 Å². The third-order valence-electron chi connectivity index (χ3n) is 6.57. The van der Waals surface area contributed by atoms with Gasteiger partial charge in [-0.2, -0.15) is 0 Å². The van der Waals surface area contributed by atoms with Crippen LogP contribution in [0.1, 0.15) is 39.2 Å². The van der Waals surface area contributed by atoms with E-state index in [1.807, 2.05) is 0 Å². The number of hydrogen-bond donors (Lipinski definition) is 2. The van der Waals surface area contributed by atoms with E-state index < -0.39 is 0 Å². The summed E-state index contributed by atoms with van der Waals surface area (Å²) in [7, 11) is 0. The van der Waals surface area contributed by atoms with E-state index in [0.29, 0.717) is 12.1 Å². The van der Waals surface area contributed by atoms with Crippen LogP contribution in [0.3, 0.4) is 0 Å². The molecule has 2 aliphatic rings. The first-order chi connectivity index (χ1) is 14.7. The van der Waals surface area contributed by atoms with E-state index in [9.17, 15) is 0 Å². The average Bonchev–Trinajstić information content (AvgIpc) is 3.23. The zero-order valence-electron chi connectivity index (χ0n) is 19.7. The largest absolute Gasteiger partial charge is 0.357 e. The van der Waals surface area contributed by atoms with Crippen LogP contribution >= 0.6 is 24.0 Å². The SMILES string of the molecule is CCNC(=NCC(C)N1CCN(CC)CC1)NCC1CCCN1Cc1ccccc1.I. The summed E-state index contributed by atoms with van der Waals surface area (Å²) >= 11 is 0. The maximum atomic E-state index is 4.92. The standard InChI is InChI=1S/C24H42N6.HI/c1-4-25-24(26-18-21(3)29-16-14-28(5-2)15-17-29)27-19-23-12-9-13-30(23)20-22-10-7-6-8-11-22;/h6-8,10-11,21,23H,4-5,9,12-20H2,1-3H3,(H2,25,26,27);1H. The summed E-state index contributed by atoms with van der Waals surface area (Å²) in [5.41, 5.74) is 1.40. The number of nitrogens with one attached hydrogen (secondary N) is 2. The molecule has 0 amide bonds. The highest BCUT2D eigenvalue weighted by molar-refractivity contribution is 14.0. The van der Waals surface area contributed by atoms with Crippen LogP contribution in [0.2, 0.25) is 0 Å². The number of nitrogens with zero attached hydrogens (tertiary/aromatic N) is 4. The number of piperazine rings is 1. The molecule has 3 rings (SSSR count). The summed E-state index contributed by atoms with van der Waals surface area (Å²) in [6, 6.07) is 11.9. The van der Waals surface area contributed by atoms with Gasteiger partial charge >= 0.3 is 0 Å². The summed E-state index contributed by atoms with van der Waals surface area (Å²) in [6.07, 6.45) is 2.55. The summed E-state index contributed by atoms with van der Waals surface area (Å²) in [5.74, 6) is 0.961. The van der Waals surface area contributed by atoms with Gasteiger partial charge in [-0.1, -0.05) is 37.3 Å². The van der Waals surface area contributed by atoms with E-state index >= 15 is 0 Å². The Kier molecular flexibility index (Phi) is 12.1. The Morgan fingerprint density at radius 3 is 2.48 bits per heavy atom. The van der Waals surface area contributed by atoms with Gasteiger partial charge in [-0.05, 0) is 45.3 Å². The lowest BCUT2D eigenvalue weighted by Gasteiger charge is -2.37. The fourth-order valence-electron chi connectivity index (χ4n) is 4.57. The van der Waals surface area contributed by atoms with Gasteiger partial charge in [0.1, 0.15) is 0 Å². The number of hydrogen-bond acceptors (Lipinski definition) is 4. The minimum Gasteiger partial charge on any atom is -0.357 e. The molecule has 2 saturated heterocycles. The molecular weight excluding hydrogens is 499 g/mol. The zero-order chi connectivity index (χ0) is 21.2. The molecule has 2 aliphatic heterocycles. The van der Waals surface area contributed by atoms with Crippen LogP contribution in [0.5, 0.6) is 0 Å². The number of aliphatic imine (C=N–C) groups is 1. The van der Waals surface area contributed by atoms with Crippen molar-refractivity contribution in [3.05, 3.63) is 35.9 Å². The predicted molar refractivity (Wildman–Crippen MR) is 142 cm³/mol. The topological polar surface area (TPSA) is 46.1 Å². The predicted octanol–water partition coefficient (Wildman–Crippen LogP) is 2.85. The zero-order valence-corrected chi connectivity index (χ0v) is 22.1. The highest BCUT2D eigenvalue weighted by Crippen LogP contribution is 2.19. The van der Waals surface area contributed by atoms with Crippen LogP contribution in [0.4, 0.5) is 0 Å². The molecule has 6 nitrogen and oxygen atoms in total. The van der Waals surface area contributed by atoms with Crippen molar-refractivity contribution >= 4 is 29.9 Å². The van der Waals surface area contributed by atoms with Crippen LogP contribution in [0.15, 0.2) is 35.3 Å². The smallest absolute Gasteiger partial charge is 0.191 e. The van der Waals surface area contributed by atoms with Crippen LogP contribution < -0.4 is 10.6 Å². The Balaban J connectivity index is 0.00000341. The lowest BCUT2D eigenvalue weighted by molar-refractivity contribution is 0.109. The van der Waals surface area contributed by atoms with Gasteiger partial charge in [0.25, 0.3) is 0 Å². The fraction of sp³-hybridized carbons (Fsp3) is 0.708. The van der Waals surface area contributed by atoms with Gasteiger partial charge in [-0.25, -0.2) is 0 Å². The summed E-state index contributed by atoms with van der Waals surface area (Å²) < 4.78 is 0. The molecule has 0 bridgehead atoms. The van der Waals surface area contributed by atoms with E-state index in [-0.39, 0.29) is 24.0 Å². The van der Waals surface area contributed by atoms with Crippen LogP contribution in [0.25, 0.3) is 0 Å². The Bertz CT molecular complexity index is 632. The van der Waals surface area contributed by atoms with Crippen molar-refractivity contribution in [1.29, 1.82) is 0 Å². The lowest BCUT2D eigenvalue weighted by atomic mass is 10.2. The maximum absolute atomic E-state index is 4.92. The molecular formula is C24H43IN6. The molecule has 0 aromatic heterocycles. The second kappa shape index (κ2) is 14.3. The molecule has 0 saturated carbocycles. The minimum absolute atomic E-state index is 0. The molecule has 31 heavy (non-hydrogen) atoms. The molecule has 176 valence electrons. The van der Waals surface area contributed by atoms with Crippen LogP contribution in [-0.4, -0.2) is 91.6 Å². The molecule has 2 unspecified atom stereocenters. The Hall–Kier alpha value is -0.900. The Morgan fingerprint density at radius 1 is 1.06 bits per heavy atom. The molecule has 2 atom stereocenters. The minimum atomic E-state index is 0. The second-order valence-electron chi connectivity index (χ2n) is 8.67. The van der Waals surface area contributed by atoms with Gasteiger partial charge in [0, 0.05) is 57.9 Å². The first kappa shape index (κ1) is 26.4. The molecule has 2 heterocycles. The summed E-state index contributed by atoms with van der Waals surface area (Å²) in [5, 5.41) is 7.06. The first-order valence-corrected chi connectivity index (χ1v) is 12.0. The lowest BCUT2D eigenvalue weighted by Crippen LogP contribution is -2.50. The van der Waals surface area contributed by atoms with E-state index in [1.165, 1.54) is 38.0 Å². The van der Waals surface area contributed by atoms with Gasteiger partial charge in [-0.15, -0.1) is 24.0 Å². The van der Waals surface area contributed by atoms with Gasteiger partial charge in [0.05, 0.1) is 6.54 Å². The molecule has 0 radical (unpaired) electrons. The average molecular weight is 543 g/mol. The third-order valence-corrected chi connectivity index (χ3v) is 6.57. The number of guanidine groups is 1. The van der Waals surface area contributed by atoms with E-state index in [2.05, 4.69) is 76.4 Å². The van der Waals surface area contributed by atoms with E-state index in [4.69, 9.17) is 4.99 Å². The number of likely N-dealkylation sites (N-methyl/N-ethyl adjacent to an activating group) is 1. The summed E-state index contributed by atoms with van der Waals surface area (Å²) in [6.45, 7) is 17.5. The molecule has 0 spiro atoms. The second-order valence-corrected chi connectivity index (χ2v) is 8.67. The highest BCUT2D eigenvalue weighted by atomic mass is 127. The van der Waals surface area contributed by atoms with E-state index in [0.717, 1.165) is 51.8 Å². The summed E-state index contributed by atoms with van der Waals surface area (Å²) in [4.78, 5) is 12.6. The number of benzene rings is 1. The Labute approximate surface area is 206 Å². The van der Waals surface area contributed by atoms with Crippen molar-refractivity contribution in [2.24, 2.45) is 4.99 Å². The van der Waals surface area contributed by atoms with Crippen molar-refractivity contribution in [3.8, 4) is 0 Å². The number of likely N-dealkylation sites (tertiary alicyclic amines) is 1. The normalized spacial score (nSPS) is 22.2. The fourth-order valence-corrected chi connectivity index (χ4v) is 4.57. The van der Waals surface area contributed by atoms with Gasteiger partial charge in [0.2, 0.25) is 0 Å². The van der Waals surface area contributed by atoms with Crippen molar-refractivity contribution in [1.82, 2.24) is 25.3 Å². The van der Waals surface area contributed by atoms with Crippen LogP contribution in [0, 0.1) is 0 Å². The molecule has 2 fully saturated rings. The van der Waals surface area contributed by atoms with Gasteiger partial charge in [-0.3, -0.25) is 14.8 Å². The monoisotopic (exact) mass is 542 g/mol. The molecule has 1 aromatic carbocycles. The maximum Gasteiger partial charge on any atom is 0.191 e. The molecule has 1 aromatic rings. The molecule has 0 aliphatic carbocycles. The van der Waals surface area contributed by atoms with E-state index in [1.54, 1.807) is 0 Å². The van der Waals surface area contributed by atoms with Crippen molar-refractivity contribution in [2.45, 2.75) is 52.2 Å². The van der Waals surface area contributed by atoms with Crippen LogP contribution in [-0.2, 0) is 6.54 Å². The highest BCUT2D eigenvalue weighted by Gasteiger charge is 2.25. The third kappa shape index (κ3) is 8.51. The number of rotatable bonds is 9. The Morgan fingerprint density at radius 2 is 1.81 bits per heavy atom. The van der Waals surface area contributed by atoms with Gasteiger partial charge in [0.15, 0.2) is 5.96 Å². The molecule has 7 heteroatoms. The van der Waals surface area contributed by atoms with Crippen molar-refractivity contribution in [2.75, 3.05) is 58.9 Å².